The van der Waals surface area contributed by atoms with Crippen molar-refractivity contribution in [3.63, 3.8) is 0 Å². The molecule has 1 N–H and O–H groups in total. The van der Waals surface area contributed by atoms with Gasteiger partial charge < -0.3 is 14.7 Å². The summed E-state index contributed by atoms with van der Waals surface area (Å²) >= 11 is 6.08. The van der Waals surface area contributed by atoms with Crippen molar-refractivity contribution in [2.75, 3.05) is 6.61 Å². The van der Waals surface area contributed by atoms with Crippen molar-refractivity contribution in [3.8, 4) is 11.5 Å². The van der Waals surface area contributed by atoms with E-state index in [4.69, 9.17) is 26.3 Å². The van der Waals surface area contributed by atoms with Gasteiger partial charge >= 0.3 is 0 Å². The Bertz CT molecular complexity index is 396. The van der Waals surface area contributed by atoms with Crippen LogP contribution in [0.25, 0.3) is 0 Å². The number of ether oxygens (including phenoxy) is 2. The highest BCUT2D eigenvalue weighted by atomic mass is 35.5. The Morgan fingerprint density at radius 2 is 2.28 bits per heavy atom. The monoisotopic (exact) mass is 271 g/mol. The molecule has 0 saturated carbocycles. The van der Waals surface area contributed by atoms with Gasteiger partial charge in [0.25, 0.3) is 0 Å². The van der Waals surface area contributed by atoms with Crippen molar-refractivity contribution in [2.45, 2.75) is 32.8 Å². The molecule has 0 aliphatic rings. The fourth-order valence-electron chi connectivity index (χ4n) is 1.27. The number of halogens is 1. The molecule has 1 rings (SSSR count). The Balaban J connectivity index is 2.56. The molecule has 4 nitrogen and oxygen atoms in total. The maximum absolute atomic E-state index is 8.23. The molecule has 0 fully saturated rings. The van der Waals surface area contributed by atoms with Crippen LogP contribution in [0.2, 0.25) is 5.02 Å². The van der Waals surface area contributed by atoms with E-state index in [0.717, 1.165) is 12.2 Å². The lowest BCUT2D eigenvalue weighted by atomic mass is 10.3. The van der Waals surface area contributed by atoms with E-state index in [9.17, 15) is 0 Å². The molecule has 1 atom stereocenters. The Morgan fingerprint density at radius 3 is 2.89 bits per heavy atom. The minimum atomic E-state index is 0.161. The highest BCUT2D eigenvalue weighted by Crippen LogP contribution is 2.29. The molecule has 0 radical (unpaired) electrons. The summed E-state index contributed by atoms with van der Waals surface area (Å²) in [7, 11) is 0. The van der Waals surface area contributed by atoms with Crippen molar-refractivity contribution in [2.24, 2.45) is 5.16 Å². The molecular weight excluding hydrogens is 254 g/mol. The molecule has 18 heavy (non-hydrogen) atoms. The van der Waals surface area contributed by atoms with Gasteiger partial charge in [0.15, 0.2) is 0 Å². The molecule has 5 heteroatoms. The Labute approximate surface area is 112 Å². The molecule has 100 valence electrons. The fraction of sp³-hybridized carbons (Fsp3) is 0.462. The first-order valence-electron chi connectivity index (χ1n) is 5.92. The van der Waals surface area contributed by atoms with Gasteiger partial charge in [-0.25, -0.2) is 0 Å². The van der Waals surface area contributed by atoms with Gasteiger partial charge in [0.05, 0.1) is 17.7 Å². The van der Waals surface area contributed by atoms with Crippen molar-refractivity contribution in [3.05, 3.63) is 23.2 Å². The first-order chi connectivity index (χ1) is 8.67. The van der Waals surface area contributed by atoms with E-state index in [1.807, 2.05) is 13.0 Å². The molecule has 0 aliphatic carbocycles. The number of hydrogen-bond donors (Lipinski definition) is 1. The third-order valence-electron chi connectivity index (χ3n) is 2.40. The van der Waals surface area contributed by atoms with Crippen LogP contribution in [0.15, 0.2) is 23.4 Å². The van der Waals surface area contributed by atoms with Crippen LogP contribution in [0.3, 0.4) is 0 Å². The Kier molecular flexibility index (Phi) is 6.36. The van der Waals surface area contributed by atoms with Crippen LogP contribution in [0.1, 0.15) is 26.7 Å². The third kappa shape index (κ3) is 4.84. The first kappa shape index (κ1) is 14.6. The molecular formula is C13H18ClNO3. The molecule has 1 aromatic carbocycles. The van der Waals surface area contributed by atoms with Gasteiger partial charge in [-0.15, -0.1) is 5.16 Å². The quantitative estimate of drug-likeness (QED) is 0.356. The lowest BCUT2D eigenvalue weighted by Crippen LogP contribution is -2.09. The maximum atomic E-state index is 8.23. The zero-order valence-corrected chi connectivity index (χ0v) is 11.4. The number of benzene rings is 1. The Hall–Kier alpha value is -1.42. The molecule has 1 aromatic rings. The summed E-state index contributed by atoms with van der Waals surface area (Å²) in [6.07, 6.45) is 3.00. The van der Waals surface area contributed by atoms with E-state index in [0.29, 0.717) is 23.8 Å². The van der Waals surface area contributed by atoms with E-state index in [1.54, 1.807) is 12.1 Å². The summed E-state index contributed by atoms with van der Waals surface area (Å²) in [5.41, 5.74) is 0. The third-order valence-corrected chi connectivity index (χ3v) is 2.70. The van der Waals surface area contributed by atoms with Gasteiger partial charge in [0, 0.05) is 18.7 Å². The topological polar surface area (TPSA) is 51.0 Å². The van der Waals surface area contributed by atoms with Crippen LogP contribution < -0.4 is 9.47 Å². The first-order valence-corrected chi connectivity index (χ1v) is 6.30. The predicted octanol–water partition coefficient (Wildman–Crippen LogP) is 3.75. The van der Waals surface area contributed by atoms with E-state index in [-0.39, 0.29) is 6.10 Å². The molecule has 0 amide bonds. The van der Waals surface area contributed by atoms with Crippen molar-refractivity contribution in [1.82, 2.24) is 0 Å². The maximum Gasteiger partial charge on any atom is 0.138 e. The standard InChI is InChI=1S/C13H18ClNO3/c1-3-10(2)18-11-5-6-13(12(14)9-11)17-8-4-7-15-16/h5-7,9-10,16H,3-4,8H2,1-2H3/b15-7-. The average Bonchev–Trinajstić information content (AvgIpc) is 2.36. The highest BCUT2D eigenvalue weighted by molar-refractivity contribution is 6.32. The minimum Gasteiger partial charge on any atom is -0.492 e. The second-order valence-corrected chi connectivity index (χ2v) is 4.27. The smallest absolute Gasteiger partial charge is 0.138 e. The van der Waals surface area contributed by atoms with Crippen molar-refractivity contribution < 1.29 is 14.7 Å². The van der Waals surface area contributed by atoms with Crippen molar-refractivity contribution >= 4 is 17.8 Å². The lowest BCUT2D eigenvalue weighted by Gasteiger charge is -2.14. The number of nitrogens with zero attached hydrogens (tertiary/aromatic N) is 1. The van der Waals surface area contributed by atoms with Crippen LogP contribution in [0.5, 0.6) is 11.5 Å². The Morgan fingerprint density at radius 1 is 1.50 bits per heavy atom. The molecule has 1 unspecified atom stereocenters. The lowest BCUT2D eigenvalue weighted by molar-refractivity contribution is 0.217. The summed E-state index contributed by atoms with van der Waals surface area (Å²) < 4.78 is 11.1. The van der Waals surface area contributed by atoms with Gasteiger partial charge in [-0.05, 0) is 25.5 Å². The normalized spacial score (nSPS) is 12.6. The van der Waals surface area contributed by atoms with Crippen LogP contribution in [0, 0.1) is 0 Å². The van der Waals surface area contributed by atoms with Gasteiger partial charge in [0.1, 0.15) is 11.5 Å². The van der Waals surface area contributed by atoms with Gasteiger partial charge in [-0.2, -0.15) is 0 Å². The summed E-state index contributed by atoms with van der Waals surface area (Å²) in [6, 6.07) is 5.34. The molecule has 0 spiro atoms. The van der Waals surface area contributed by atoms with Crippen molar-refractivity contribution in [1.29, 1.82) is 0 Å². The fourth-order valence-corrected chi connectivity index (χ4v) is 1.49. The second kappa shape index (κ2) is 7.82. The minimum absolute atomic E-state index is 0.161. The summed E-state index contributed by atoms with van der Waals surface area (Å²) in [5, 5.41) is 11.6. The summed E-state index contributed by atoms with van der Waals surface area (Å²) in [6.45, 7) is 4.48. The number of rotatable bonds is 7. The zero-order chi connectivity index (χ0) is 13.4. The van der Waals surface area contributed by atoms with E-state index in [1.165, 1.54) is 6.21 Å². The van der Waals surface area contributed by atoms with Crippen LogP contribution in [0.4, 0.5) is 0 Å². The molecule has 0 heterocycles. The number of hydrogen-bond acceptors (Lipinski definition) is 4. The van der Waals surface area contributed by atoms with E-state index < -0.39 is 0 Å². The highest BCUT2D eigenvalue weighted by Gasteiger charge is 2.06. The SMILES string of the molecule is CCC(C)Oc1ccc(OCC/C=N\O)c(Cl)c1. The van der Waals surface area contributed by atoms with Gasteiger partial charge in [0.2, 0.25) is 0 Å². The largest absolute Gasteiger partial charge is 0.492 e. The van der Waals surface area contributed by atoms with Gasteiger partial charge in [-0.1, -0.05) is 18.5 Å². The average molecular weight is 272 g/mol. The summed E-state index contributed by atoms with van der Waals surface area (Å²) in [5.74, 6) is 1.33. The van der Waals surface area contributed by atoms with Crippen LogP contribution in [-0.4, -0.2) is 24.1 Å². The predicted molar refractivity (Wildman–Crippen MR) is 72.2 cm³/mol. The molecule has 0 saturated heterocycles. The van der Waals surface area contributed by atoms with Gasteiger partial charge in [-0.3, -0.25) is 0 Å². The number of oxime groups is 1. The summed E-state index contributed by atoms with van der Waals surface area (Å²) in [4.78, 5) is 0. The second-order valence-electron chi connectivity index (χ2n) is 3.86. The molecule has 0 aromatic heterocycles. The molecule has 0 aliphatic heterocycles. The zero-order valence-electron chi connectivity index (χ0n) is 10.6. The van der Waals surface area contributed by atoms with Crippen LogP contribution in [-0.2, 0) is 0 Å². The van der Waals surface area contributed by atoms with E-state index in [2.05, 4.69) is 12.1 Å². The van der Waals surface area contributed by atoms with Crippen LogP contribution >= 0.6 is 11.6 Å². The molecule has 0 bridgehead atoms. The van der Waals surface area contributed by atoms with E-state index >= 15 is 0 Å².